The number of thioether (sulfide) groups is 1. The van der Waals surface area contributed by atoms with E-state index < -0.39 is 5.97 Å². The molecule has 0 bridgehead atoms. The maximum Gasteiger partial charge on any atom is 0.317 e. The lowest BCUT2D eigenvalue weighted by atomic mass is 10.1. The molecule has 0 saturated carbocycles. The molecule has 1 aromatic rings. The van der Waals surface area contributed by atoms with Gasteiger partial charge < -0.3 is 5.11 Å². The number of hydrogen-bond donors (Lipinski definition) is 1. The molecule has 1 atom stereocenters. The number of hydrogen-bond acceptors (Lipinski definition) is 2. The molecule has 0 saturated heterocycles. The number of benzene rings is 1. The summed E-state index contributed by atoms with van der Waals surface area (Å²) >= 11 is 7.31. The average Bonchev–Trinajstić information content (AvgIpc) is 2.49. The van der Waals surface area contributed by atoms with Crippen molar-refractivity contribution in [1.82, 2.24) is 0 Å². The summed E-state index contributed by atoms with van der Waals surface area (Å²) in [5.41, 5.74) is 0.974. The van der Waals surface area contributed by atoms with Crippen molar-refractivity contribution in [2.45, 2.75) is 16.6 Å². The normalized spacial score (nSPS) is 19.9. The Bertz CT molecular complexity index is 365. The Balaban J connectivity index is 2.35. The maximum absolute atomic E-state index is 10.7. The zero-order valence-electron chi connectivity index (χ0n) is 6.66. The van der Waals surface area contributed by atoms with Crippen molar-refractivity contribution in [2.24, 2.45) is 0 Å². The Morgan fingerprint density at radius 3 is 3.00 bits per heavy atom. The van der Waals surface area contributed by atoms with Crippen LogP contribution in [-0.2, 0) is 11.2 Å². The molecule has 0 aliphatic carbocycles. The Labute approximate surface area is 84.9 Å². The lowest BCUT2D eigenvalue weighted by molar-refractivity contribution is -0.136. The summed E-state index contributed by atoms with van der Waals surface area (Å²) < 4.78 is 0. The summed E-state index contributed by atoms with van der Waals surface area (Å²) in [5, 5.41) is 9.12. The quantitative estimate of drug-likeness (QED) is 0.780. The Hall–Kier alpha value is -0.670. The average molecular weight is 215 g/mol. The van der Waals surface area contributed by atoms with E-state index in [0.29, 0.717) is 11.4 Å². The molecule has 1 aliphatic heterocycles. The van der Waals surface area contributed by atoms with Crippen LogP contribution in [-0.4, -0.2) is 16.3 Å². The Morgan fingerprint density at radius 2 is 2.38 bits per heavy atom. The topological polar surface area (TPSA) is 37.3 Å². The lowest BCUT2D eigenvalue weighted by Gasteiger charge is -1.98. The predicted octanol–water partition coefficient (Wildman–Crippen LogP) is 2.44. The molecular formula is C9H7ClO2S. The molecule has 2 nitrogen and oxygen atoms in total. The van der Waals surface area contributed by atoms with Gasteiger partial charge in [-0.1, -0.05) is 17.7 Å². The van der Waals surface area contributed by atoms with E-state index in [0.717, 1.165) is 10.5 Å². The molecule has 1 N–H and O–H groups in total. The molecule has 1 heterocycles. The minimum absolute atomic E-state index is 0.366. The van der Waals surface area contributed by atoms with Crippen LogP contribution >= 0.6 is 23.4 Å². The molecule has 0 spiro atoms. The van der Waals surface area contributed by atoms with E-state index >= 15 is 0 Å². The van der Waals surface area contributed by atoms with E-state index in [1.165, 1.54) is 11.8 Å². The van der Waals surface area contributed by atoms with Gasteiger partial charge in [0.15, 0.2) is 0 Å². The highest BCUT2D eigenvalue weighted by molar-refractivity contribution is 8.01. The molecule has 0 unspecified atom stereocenters. The van der Waals surface area contributed by atoms with E-state index in [2.05, 4.69) is 0 Å². The van der Waals surface area contributed by atoms with Crippen LogP contribution in [0.1, 0.15) is 5.56 Å². The molecule has 2 rings (SSSR count). The van der Waals surface area contributed by atoms with Crippen LogP contribution in [0.25, 0.3) is 0 Å². The number of carboxylic acid groups (broad SMARTS) is 1. The second-order valence-electron chi connectivity index (χ2n) is 2.87. The lowest BCUT2D eigenvalue weighted by Crippen LogP contribution is -2.14. The van der Waals surface area contributed by atoms with Crippen LogP contribution in [0.2, 0.25) is 5.02 Å². The fourth-order valence-corrected chi connectivity index (χ4v) is 2.82. The van der Waals surface area contributed by atoms with E-state index in [4.69, 9.17) is 16.7 Å². The SMILES string of the molecule is O=C(O)[C@H]1Cc2c(Cl)cccc2S1. The van der Waals surface area contributed by atoms with Crippen LogP contribution in [0, 0.1) is 0 Å². The summed E-state index contributed by atoms with van der Waals surface area (Å²) in [4.78, 5) is 11.7. The van der Waals surface area contributed by atoms with Gasteiger partial charge in [-0.2, -0.15) is 0 Å². The second-order valence-corrected chi connectivity index (χ2v) is 4.52. The largest absolute Gasteiger partial charge is 0.480 e. The van der Waals surface area contributed by atoms with Crippen molar-refractivity contribution >= 4 is 29.3 Å². The molecule has 4 heteroatoms. The highest BCUT2D eigenvalue weighted by atomic mass is 35.5. The van der Waals surface area contributed by atoms with Gasteiger partial charge >= 0.3 is 5.97 Å². The first-order chi connectivity index (χ1) is 6.18. The monoisotopic (exact) mass is 214 g/mol. The number of fused-ring (bicyclic) bond motifs is 1. The number of aliphatic carboxylic acids is 1. The summed E-state index contributed by atoms with van der Waals surface area (Å²) in [5.74, 6) is -0.766. The number of carbonyl (C=O) groups is 1. The molecular weight excluding hydrogens is 208 g/mol. The van der Waals surface area contributed by atoms with Gasteiger partial charge in [0.2, 0.25) is 0 Å². The van der Waals surface area contributed by atoms with Crippen LogP contribution in [0.15, 0.2) is 23.1 Å². The van der Waals surface area contributed by atoms with Gasteiger partial charge in [0.25, 0.3) is 0 Å². The van der Waals surface area contributed by atoms with E-state index in [9.17, 15) is 4.79 Å². The van der Waals surface area contributed by atoms with Crippen molar-refractivity contribution in [3.8, 4) is 0 Å². The third-order valence-electron chi connectivity index (χ3n) is 2.01. The molecule has 0 fully saturated rings. The van der Waals surface area contributed by atoms with Gasteiger partial charge in [0, 0.05) is 9.92 Å². The van der Waals surface area contributed by atoms with Gasteiger partial charge in [-0.25, -0.2) is 0 Å². The molecule has 1 aliphatic rings. The highest BCUT2D eigenvalue weighted by Gasteiger charge is 2.29. The zero-order chi connectivity index (χ0) is 9.42. The van der Waals surface area contributed by atoms with Crippen LogP contribution < -0.4 is 0 Å². The molecule has 1 aromatic carbocycles. The van der Waals surface area contributed by atoms with Crippen molar-refractivity contribution in [3.05, 3.63) is 28.8 Å². The first-order valence-electron chi connectivity index (χ1n) is 3.85. The standard InChI is InChI=1S/C9H7ClO2S/c10-6-2-1-3-7-5(6)4-8(13-7)9(11)12/h1-3,8H,4H2,(H,11,12)/t8-/m1/s1. The van der Waals surface area contributed by atoms with E-state index in [1.807, 2.05) is 12.1 Å². The number of rotatable bonds is 1. The predicted molar refractivity (Wildman–Crippen MR) is 52.4 cm³/mol. The third-order valence-corrected chi connectivity index (χ3v) is 3.65. The minimum atomic E-state index is -0.766. The smallest absolute Gasteiger partial charge is 0.317 e. The van der Waals surface area contributed by atoms with Gasteiger partial charge in [0.1, 0.15) is 5.25 Å². The fourth-order valence-electron chi connectivity index (χ4n) is 1.37. The van der Waals surface area contributed by atoms with Crippen molar-refractivity contribution < 1.29 is 9.90 Å². The van der Waals surface area contributed by atoms with Crippen LogP contribution in [0.3, 0.4) is 0 Å². The van der Waals surface area contributed by atoms with E-state index in [-0.39, 0.29) is 5.25 Å². The highest BCUT2D eigenvalue weighted by Crippen LogP contribution is 2.40. The third kappa shape index (κ3) is 1.54. The maximum atomic E-state index is 10.7. The summed E-state index contributed by atoms with van der Waals surface area (Å²) in [6, 6.07) is 5.55. The number of halogens is 1. The van der Waals surface area contributed by atoms with Gasteiger partial charge in [-0.05, 0) is 24.1 Å². The number of carboxylic acids is 1. The fraction of sp³-hybridized carbons (Fsp3) is 0.222. The first-order valence-corrected chi connectivity index (χ1v) is 5.11. The molecule has 0 aromatic heterocycles. The summed E-state index contributed by atoms with van der Waals surface area (Å²) in [7, 11) is 0. The minimum Gasteiger partial charge on any atom is -0.480 e. The van der Waals surface area contributed by atoms with Crippen molar-refractivity contribution in [2.75, 3.05) is 0 Å². The van der Waals surface area contributed by atoms with Crippen LogP contribution in [0.4, 0.5) is 0 Å². The Kier molecular flexibility index (Phi) is 2.22. The molecule has 68 valence electrons. The van der Waals surface area contributed by atoms with Gasteiger partial charge in [-0.15, -0.1) is 11.8 Å². The summed E-state index contributed by atoms with van der Waals surface area (Å²) in [6.45, 7) is 0. The Morgan fingerprint density at radius 1 is 1.62 bits per heavy atom. The second kappa shape index (κ2) is 3.24. The van der Waals surface area contributed by atoms with Gasteiger partial charge in [-0.3, -0.25) is 4.79 Å². The molecule has 0 radical (unpaired) electrons. The first kappa shape index (κ1) is 8.91. The zero-order valence-corrected chi connectivity index (χ0v) is 8.23. The summed E-state index contributed by atoms with van der Waals surface area (Å²) in [6.07, 6.45) is 0.537. The van der Waals surface area contributed by atoms with Crippen LogP contribution in [0.5, 0.6) is 0 Å². The van der Waals surface area contributed by atoms with Gasteiger partial charge in [0.05, 0.1) is 0 Å². The molecule has 13 heavy (non-hydrogen) atoms. The molecule has 0 amide bonds. The van der Waals surface area contributed by atoms with Crippen molar-refractivity contribution in [3.63, 3.8) is 0 Å². The van der Waals surface area contributed by atoms with E-state index in [1.54, 1.807) is 6.07 Å². The van der Waals surface area contributed by atoms with Crippen molar-refractivity contribution in [1.29, 1.82) is 0 Å².